The molecule has 1 fully saturated rings. The highest BCUT2D eigenvalue weighted by Gasteiger charge is 2.19. The second-order valence-corrected chi connectivity index (χ2v) is 5.08. The summed E-state index contributed by atoms with van der Waals surface area (Å²) in [6.07, 6.45) is 12.5. The number of aliphatic hydroxyl groups is 1. The van der Waals surface area contributed by atoms with Crippen molar-refractivity contribution in [1.29, 1.82) is 0 Å². The summed E-state index contributed by atoms with van der Waals surface area (Å²) < 4.78 is 5.63. The summed E-state index contributed by atoms with van der Waals surface area (Å²) >= 11 is 0. The standard InChI is InChI=1S/C14H28O2/c1-2-3-4-5-6-7-8-9-14-12-13(15)10-11-16-14/h13-15H,2-12H2,1H3. The number of ether oxygens (including phenoxy) is 1. The van der Waals surface area contributed by atoms with Crippen LogP contribution in [0.2, 0.25) is 0 Å². The first-order chi connectivity index (χ1) is 7.83. The zero-order chi connectivity index (χ0) is 11.6. The average Bonchev–Trinajstić information content (AvgIpc) is 2.28. The highest BCUT2D eigenvalue weighted by atomic mass is 16.5. The fraction of sp³-hybridized carbons (Fsp3) is 1.00. The minimum Gasteiger partial charge on any atom is -0.393 e. The van der Waals surface area contributed by atoms with E-state index < -0.39 is 0 Å². The van der Waals surface area contributed by atoms with E-state index in [9.17, 15) is 5.11 Å². The molecule has 1 heterocycles. The lowest BCUT2D eigenvalue weighted by atomic mass is 10.00. The van der Waals surface area contributed by atoms with Gasteiger partial charge in [-0.05, 0) is 19.3 Å². The number of aliphatic hydroxyl groups excluding tert-OH is 1. The van der Waals surface area contributed by atoms with Crippen LogP contribution in [0.1, 0.15) is 71.1 Å². The first-order valence-electron chi connectivity index (χ1n) is 7.12. The maximum Gasteiger partial charge on any atom is 0.0599 e. The van der Waals surface area contributed by atoms with Crippen LogP contribution in [-0.2, 0) is 4.74 Å². The fourth-order valence-corrected chi connectivity index (χ4v) is 2.39. The molecule has 2 heteroatoms. The van der Waals surface area contributed by atoms with Crippen molar-refractivity contribution in [3.63, 3.8) is 0 Å². The summed E-state index contributed by atoms with van der Waals surface area (Å²) in [4.78, 5) is 0. The van der Waals surface area contributed by atoms with Gasteiger partial charge in [0.1, 0.15) is 0 Å². The quantitative estimate of drug-likeness (QED) is 0.642. The normalized spacial score (nSPS) is 25.9. The second kappa shape index (κ2) is 9.00. The smallest absolute Gasteiger partial charge is 0.0599 e. The van der Waals surface area contributed by atoms with Gasteiger partial charge in [0.15, 0.2) is 0 Å². The van der Waals surface area contributed by atoms with Crippen molar-refractivity contribution in [3.05, 3.63) is 0 Å². The van der Waals surface area contributed by atoms with E-state index in [2.05, 4.69) is 6.92 Å². The molecule has 0 aliphatic carbocycles. The van der Waals surface area contributed by atoms with Gasteiger partial charge in [-0.1, -0.05) is 51.9 Å². The molecule has 1 rings (SSSR count). The van der Waals surface area contributed by atoms with Gasteiger partial charge in [0.25, 0.3) is 0 Å². The van der Waals surface area contributed by atoms with Crippen LogP contribution in [0.25, 0.3) is 0 Å². The zero-order valence-corrected chi connectivity index (χ0v) is 10.8. The van der Waals surface area contributed by atoms with E-state index >= 15 is 0 Å². The zero-order valence-electron chi connectivity index (χ0n) is 10.8. The molecule has 2 atom stereocenters. The molecule has 16 heavy (non-hydrogen) atoms. The van der Waals surface area contributed by atoms with Gasteiger partial charge in [0, 0.05) is 6.61 Å². The topological polar surface area (TPSA) is 29.5 Å². The highest BCUT2D eigenvalue weighted by Crippen LogP contribution is 2.19. The molecular formula is C14H28O2. The summed E-state index contributed by atoms with van der Waals surface area (Å²) in [5.74, 6) is 0. The largest absolute Gasteiger partial charge is 0.393 e. The van der Waals surface area contributed by atoms with Crippen LogP contribution in [0, 0.1) is 0 Å². The van der Waals surface area contributed by atoms with Gasteiger partial charge in [-0.15, -0.1) is 0 Å². The number of hydrogen-bond donors (Lipinski definition) is 1. The molecule has 96 valence electrons. The van der Waals surface area contributed by atoms with Crippen LogP contribution in [0.4, 0.5) is 0 Å². The number of hydrogen-bond acceptors (Lipinski definition) is 2. The van der Waals surface area contributed by atoms with E-state index in [1.807, 2.05) is 0 Å². The van der Waals surface area contributed by atoms with Crippen LogP contribution in [0.5, 0.6) is 0 Å². The van der Waals surface area contributed by atoms with Crippen LogP contribution in [-0.4, -0.2) is 23.9 Å². The third-order valence-corrected chi connectivity index (χ3v) is 3.47. The molecule has 0 aromatic rings. The molecule has 0 aromatic carbocycles. The predicted octanol–water partition coefficient (Wildman–Crippen LogP) is 3.67. The van der Waals surface area contributed by atoms with Gasteiger partial charge in [-0.25, -0.2) is 0 Å². The highest BCUT2D eigenvalue weighted by molar-refractivity contribution is 4.70. The summed E-state index contributed by atoms with van der Waals surface area (Å²) in [6, 6.07) is 0. The molecule has 0 amide bonds. The third-order valence-electron chi connectivity index (χ3n) is 3.47. The van der Waals surface area contributed by atoms with Gasteiger partial charge in [-0.2, -0.15) is 0 Å². The Kier molecular flexibility index (Phi) is 7.87. The fourth-order valence-electron chi connectivity index (χ4n) is 2.39. The Morgan fingerprint density at radius 1 is 1.06 bits per heavy atom. The van der Waals surface area contributed by atoms with Crippen molar-refractivity contribution in [2.24, 2.45) is 0 Å². The van der Waals surface area contributed by atoms with Crippen molar-refractivity contribution in [3.8, 4) is 0 Å². The lowest BCUT2D eigenvalue weighted by molar-refractivity contribution is -0.0470. The minimum absolute atomic E-state index is 0.108. The van der Waals surface area contributed by atoms with E-state index in [1.165, 1.54) is 44.9 Å². The summed E-state index contributed by atoms with van der Waals surface area (Å²) in [7, 11) is 0. The molecule has 0 saturated carbocycles. The Bertz CT molecular complexity index is 159. The summed E-state index contributed by atoms with van der Waals surface area (Å²) in [5, 5.41) is 9.50. The lowest BCUT2D eigenvalue weighted by Crippen LogP contribution is -2.28. The number of rotatable bonds is 8. The number of unbranched alkanes of at least 4 members (excludes halogenated alkanes) is 6. The van der Waals surface area contributed by atoms with Gasteiger partial charge in [-0.3, -0.25) is 0 Å². The molecule has 1 aliphatic heterocycles. The maximum atomic E-state index is 9.50. The molecule has 1 saturated heterocycles. The second-order valence-electron chi connectivity index (χ2n) is 5.08. The Labute approximate surface area is 100 Å². The Balaban J connectivity index is 1.86. The molecule has 1 N–H and O–H groups in total. The van der Waals surface area contributed by atoms with Crippen LogP contribution in [0.3, 0.4) is 0 Å². The Morgan fingerprint density at radius 2 is 1.75 bits per heavy atom. The Morgan fingerprint density at radius 3 is 2.44 bits per heavy atom. The molecule has 2 nitrogen and oxygen atoms in total. The molecule has 0 bridgehead atoms. The van der Waals surface area contributed by atoms with E-state index in [-0.39, 0.29) is 6.10 Å². The molecule has 0 aromatic heterocycles. The third kappa shape index (κ3) is 6.49. The molecule has 2 unspecified atom stereocenters. The lowest BCUT2D eigenvalue weighted by Gasteiger charge is -2.26. The van der Waals surface area contributed by atoms with E-state index in [0.717, 1.165) is 25.9 Å². The van der Waals surface area contributed by atoms with Crippen molar-refractivity contribution >= 4 is 0 Å². The van der Waals surface area contributed by atoms with E-state index in [0.29, 0.717) is 6.10 Å². The monoisotopic (exact) mass is 228 g/mol. The summed E-state index contributed by atoms with van der Waals surface area (Å²) in [6.45, 7) is 3.01. The Hall–Kier alpha value is -0.0800. The van der Waals surface area contributed by atoms with Crippen molar-refractivity contribution in [2.45, 2.75) is 83.3 Å². The van der Waals surface area contributed by atoms with Gasteiger partial charge in [0.2, 0.25) is 0 Å². The average molecular weight is 228 g/mol. The van der Waals surface area contributed by atoms with Crippen LogP contribution >= 0.6 is 0 Å². The first kappa shape index (κ1) is 14.0. The molecule has 0 spiro atoms. The first-order valence-corrected chi connectivity index (χ1v) is 7.12. The maximum absolute atomic E-state index is 9.50. The van der Waals surface area contributed by atoms with Crippen molar-refractivity contribution < 1.29 is 9.84 Å². The van der Waals surface area contributed by atoms with Gasteiger partial charge < -0.3 is 9.84 Å². The minimum atomic E-state index is -0.108. The molecule has 1 aliphatic rings. The van der Waals surface area contributed by atoms with E-state index in [1.54, 1.807) is 0 Å². The van der Waals surface area contributed by atoms with Gasteiger partial charge in [0.05, 0.1) is 12.2 Å². The van der Waals surface area contributed by atoms with Crippen LogP contribution in [0.15, 0.2) is 0 Å². The predicted molar refractivity (Wildman–Crippen MR) is 67.6 cm³/mol. The van der Waals surface area contributed by atoms with Crippen molar-refractivity contribution in [1.82, 2.24) is 0 Å². The van der Waals surface area contributed by atoms with E-state index in [4.69, 9.17) is 4.74 Å². The SMILES string of the molecule is CCCCCCCCCC1CC(O)CCO1. The molecular weight excluding hydrogens is 200 g/mol. The molecule has 0 radical (unpaired) electrons. The van der Waals surface area contributed by atoms with Crippen molar-refractivity contribution in [2.75, 3.05) is 6.61 Å². The van der Waals surface area contributed by atoms with Crippen LogP contribution < -0.4 is 0 Å². The van der Waals surface area contributed by atoms with Gasteiger partial charge >= 0.3 is 0 Å². The summed E-state index contributed by atoms with van der Waals surface area (Å²) in [5.41, 5.74) is 0.